The molecule has 1 rings (SSSR count). The van der Waals surface area contributed by atoms with Gasteiger partial charge in [0.25, 0.3) is 0 Å². The summed E-state index contributed by atoms with van der Waals surface area (Å²) in [6.45, 7) is 3.96. The molecule has 0 fully saturated rings. The molecule has 1 aromatic heterocycles. The highest BCUT2D eigenvalue weighted by atomic mass is 32.1. The molecule has 0 aromatic carbocycles. The summed E-state index contributed by atoms with van der Waals surface area (Å²) in [6, 6.07) is 0. The first-order valence-electron chi connectivity index (χ1n) is 3.68. The number of Topliss-reactive ketones (excluding diaryl/α,β-unsaturated/α-hetero) is 1. The van der Waals surface area contributed by atoms with E-state index >= 15 is 0 Å². The van der Waals surface area contributed by atoms with Crippen molar-refractivity contribution in [3.8, 4) is 0 Å². The molecule has 1 aromatic rings. The van der Waals surface area contributed by atoms with Gasteiger partial charge in [-0.1, -0.05) is 13.8 Å². The van der Waals surface area contributed by atoms with Crippen molar-refractivity contribution in [2.45, 2.75) is 20.3 Å². The lowest BCUT2D eigenvalue weighted by atomic mass is 10.0. The van der Waals surface area contributed by atoms with Gasteiger partial charge in [-0.25, -0.2) is 0 Å². The Hall–Kier alpha value is -0.700. The zero-order chi connectivity index (χ0) is 8.27. The van der Waals surface area contributed by atoms with Crippen LogP contribution in [0.4, 0.5) is 0 Å². The molecule has 1 unspecified atom stereocenters. The molecule has 0 aliphatic heterocycles. The van der Waals surface area contributed by atoms with Crippen molar-refractivity contribution in [3.05, 3.63) is 16.6 Å². The highest BCUT2D eigenvalue weighted by Crippen LogP contribution is 2.14. The second-order valence-corrected chi connectivity index (χ2v) is 3.43. The van der Waals surface area contributed by atoms with Crippen LogP contribution in [0, 0.1) is 5.92 Å². The van der Waals surface area contributed by atoms with E-state index < -0.39 is 0 Å². The van der Waals surface area contributed by atoms with Crippen molar-refractivity contribution in [1.29, 1.82) is 0 Å². The number of carbonyl (C=O) groups excluding carboxylic acids is 1. The van der Waals surface area contributed by atoms with Crippen LogP contribution in [0.5, 0.6) is 0 Å². The Kier molecular flexibility index (Phi) is 2.76. The van der Waals surface area contributed by atoms with Crippen LogP contribution in [0.15, 0.2) is 11.7 Å². The first-order valence-corrected chi connectivity index (χ1v) is 4.56. The zero-order valence-corrected chi connectivity index (χ0v) is 7.52. The highest BCUT2D eigenvalue weighted by Gasteiger charge is 2.13. The van der Waals surface area contributed by atoms with Crippen LogP contribution in [0.25, 0.3) is 0 Å². The Labute approximate surface area is 70.3 Å². The summed E-state index contributed by atoms with van der Waals surface area (Å²) in [4.78, 5) is 16.0. The number of rotatable bonds is 3. The van der Waals surface area contributed by atoms with Gasteiger partial charge in [-0.15, -0.1) is 11.3 Å². The number of aromatic nitrogens is 1. The number of hydrogen-bond donors (Lipinski definition) is 0. The molecular formula is C8H11NOS. The van der Waals surface area contributed by atoms with Crippen LogP contribution in [-0.4, -0.2) is 10.8 Å². The third kappa shape index (κ3) is 1.87. The monoisotopic (exact) mass is 169 g/mol. The average molecular weight is 169 g/mol. The van der Waals surface area contributed by atoms with Crippen LogP contribution in [-0.2, 0) is 0 Å². The van der Waals surface area contributed by atoms with Gasteiger partial charge >= 0.3 is 0 Å². The summed E-state index contributed by atoms with van der Waals surface area (Å²) in [6.07, 6.45) is 2.54. The Morgan fingerprint density at radius 1 is 1.82 bits per heavy atom. The normalized spacial score (nSPS) is 12.9. The lowest BCUT2D eigenvalue weighted by Gasteiger charge is -2.02. The quantitative estimate of drug-likeness (QED) is 0.650. The van der Waals surface area contributed by atoms with E-state index in [0.29, 0.717) is 0 Å². The van der Waals surface area contributed by atoms with Gasteiger partial charge in [0.15, 0.2) is 5.78 Å². The number of carbonyl (C=O) groups is 1. The minimum Gasteiger partial charge on any atom is -0.293 e. The summed E-state index contributed by atoms with van der Waals surface area (Å²) in [7, 11) is 0. The molecule has 0 saturated heterocycles. The smallest absolute Gasteiger partial charge is 0.177 e. The molecule has 60 valence electrons. The summed E-state index contributed by atoms with van der Waals surface area (Å²) in [5.41, 5.74) is 1.69. The van der Waals surface area contributed by atoms with Crippen molar-refractivity contribution in [2.24, 2.45) is 5.92 Å². The van der Waals surface area contributed by atoms with E-state index in [2.05, 4.69) is 4.98 Å². The minimum absolute atomic E-state index is 0.135. The van der Waals surface area contributed by atoms with Gasteiger partial charge in [-0.05, 0) is 6.42 Å². The Balaban J connectivity index is 2.70. The summed E-state index contributed by atoms with van der Waals surface area (Å²) in [5, 5.41) is 0. The topological polar surface area (TPSA) is 30.0 Å². The zero-order valence-electron chi connectivity index (χ0n) is 6.70. The van der Waals surface area contributed by atoms with Crippen molar-refractivity contribution in [1.82, 2.24) is 4.98 Å². The molecule has 2 nitrogen and oxygen atoms in total. The van der Waals surface area contributed by atoms with Crippen LogP contribution < -0.4 is 0 Å². The number of nitrogens with zero attached hydrogens (tertiary/aromatic N) is 1. The van der Waals surface area contributed by atoms with Crippen LogP contribution >= 0.6 is 11.3 Å². The standard InChI is InChI=1S/C8H11NOS/c1-3-6(2)8(10)7-4-9-5-11-7/h4-6H,3H2,1-2H3. The molecule has 1 atom stereocenters. The second kappa shape index (κ2) is 3.62. The number of ketones is 1. The second-order valence-electron chi connectivity index (χ2n) is 2.54. The van der Waals surface area contributed by atoms with Crippen molar-refractivity contribution >= 4 is 17.1 Å². The maximum atomic E-state index is 11.4. The molecule has 0 spiro atoms. The van der Waals surface area contributed by atoms with Crippen LogP contribution in [0.2, 0.25) is 0 Å². The summed E-state index contributed by atoms with van der Waals surface area (Å²) < 4.78 is 0. The van der Waals surface area contributed by atoms with Gasteiger partial charge in [-0.3, -0.25) is 9.78 Å². The van der Waals surface area contributed by atoms with E-state index in [4.69, 9.17) is 0 Å². The van der Waals surface area contributed by atoms with E-state index in [1.165, 1.54) is 11.3 Å². The lowest BCUT2D eigenvalue weighted by molar-refractivity contribution is 0.0931. The molecule has 0 bridgehead atoms. The molecule has 0 amide bonds. The van der Waals surface area contributed by atoms with Gasteiger partial charge in [0, 0.05) is 12.1 Å². The number of hydrogen-bond acceptors (Lipinski definition) is 3. The van der Waals surface area contributed by atoms with Gasteiger partial charge in [0.05, 0.1) is 10.4 Å². The third-order valence-corrected chi connectivity index (χ3v) is 2.52. The van der Waals surface area contributed by atoms with E-state index in [1.807, 2.05) is 13.8 Å². The van der Waals surface area contributed by atoms with Crippen molar-refractivity contribution in [3.63, 3.8) is 0 Å². The Morgan fingerprint density at radius 2 is 2.55 bits per heavy atom. The molecule has 0 radical (unpaired) electrons. The molecule has 11 heavy (non-hydrogen) atoms. The molecule has 0 saturated carbocycles. The van der Waals surface area contributed by atoms with E-state index in [0.717, 1.165) is 11.3 Å². The van der Waals surface area contributed by atoms with E-state index in [1.54, 1.807) is 11.7 Å². The highest BCUT2D eigenvalue weighted by molar-refractivity contribution is 7.11. The fraction of sp³-hybridized carbons (Fsp3) is 0.500. The molecule has 0 aliphatic carbocycles. The van der Waals surface area contributed by atoms with E-state index in [-0.39, 0.29) is 11.7 Å². The molecule has 3 heteroatoms. The first kappa shape index (κ1) is 8.40. The first-order chi connectivity index (χ1) is 5.25. The third-order valence-electron chi connectivity index (χ3n) is 1.74. The Bertz CT molecular complexity index is 230. The van der Waals surface area contributed by atoms with Gasteiger partial charge in [-0.2, -0.15) is 0 Å². The van der Waals surface area contributed by atoms with Gasteiger partial charge < -0.3 is 0 Å². The molecule has 1 heterocycles. The van der Waals surface area contributed by atoms with Gasteiger partial charge in [0.1, 0.15) is 0 Å². The molecular weight excluding hydrogens is 158 g/mol. The van der Waals surface area contributed by atoms with Crippen molar-refractivity contribution < 1.29 is 4.79 Å². The predicted octanol–water partition coefficient (Wildman–Crippen LogP) is 2.37. The van der Waals surface area contributed by atoms with Crippen LogP contribution in [0.1, 0.15) is 29.9 Å². The minimum atomic E-state index is 0.135. The SMILES string of the molecule is CCC(C)C(=O)c1cncs1. The summed E-state index contributed by atoms with van der Waals surface area (Å²) >= 11 is 1.41. The predicted molar refractivity (Wildman–Crippen MR) is 45.9 cm³/mol. The fourth-order valence-corrected chi connectivity index (χ4v) is 1.44. The number of thiazole rings is 1. The maximum absolute atomic E-state index is 11.4. The van der Waals surface area contributed by atoms with Gasteiger partial charge in [0.2, 0.25) is 0 Å². The fourth-order valence-electron chi connectivity index (χ4n) is 0.766. The Morgan fingerprint density at radius 3 is 3.00 bits per heavy atom. The van der Waals surface area contributed by atoms with E-state index in [9.17, 15) is 4.79 Å². The van der Waals surface area contributed by atoms with Crippen molar-refractivity contribution in [2.75, 3.05) is 0 Å². The molecule has 0 aliphatic rings. The molecule has 0 N–H and O–H groups in total. The lowest BCUT2D eigenvalue weighted by Crippen LogP contribution is -2.07. The van der Waals surface area contributed by atoms with Crippen LogP contribution in [0.3, 0.4) is 0 Å². The average Bonchev–Trinajstić information content (AvgIpc) is 2.53. The maximum Gasteiger partial charge on any atom is 0.177 e. The summed E-state index contributed by atoms with van der Waals surface area (Å²) in [5.74, 6) is 0.352. The largest absolute Gasteiger partial charge is 0.293 e.